The van der Waals surface area contributed by atoms with Crippen LogP contribution in [0.4, 0.5) is 5.69 Å². The molecular weight excluding hydrogens is 346 g/mol. The summed E-state index contributed by atoms with van der Waals surface area (Å²) in [7, 11) is 2.28. The lowest BCUT2D eigenvalue weighted by atomic mass is 10.1. The predicted octanol–water partition coefficient (Wildman–Crippen LogP) is 1.79. The normalized spacial score (nSPS) is 10.7. The molecule has 0 heterocycles. The van der Waals surface area contributed by atoms with E-state index in [1.54, 1.807) is 0 Å². The zero-order valence-corrected chi connectivity index (χ0v) is 12.8. The van der Waals surface area contributed by atoms with E-state index in [4.69, 9.17) is 5.11 Å². The maximum atomic E-state index is 11.6. The molecule has 0 amide bonds. The maximum Gasteiger partial charge on any atom is 0.354 e. The topological polar surface area (TPSA) is 102 Å². The molecule has 0 aliphatic carbocycles. The molecule has 112 valence electrons. The summed E-state index contributed by atoms with van der Waals surface area (Å²) in [4.78, 5) is 34.0. The second-order valence-electron chi connectivity index (χ2n) is 3.69. The highest BCUT2D eigenvalue weighted by molar-refractivity contribution is 9.10. The Morgan fingerprint density at radius 3 is 2.43 bits per heavy atom. The molecule has 0 radical (unpaired) electrons. The van der Waals surface area contributed by atoms with Gasteiger partial charge in [-0.25, -0.2) is 14.4 Å². The minimum absolute atomic E-state index is 0.0714. The number of nitrogens with one attached hydrogen (secondary N) is 1. The largest absolute Gasteiger partial charge is 0.478 e. The fourth-order valence-corrected chi connectivity index (χ4v) is 1.75. The first-order chi connectivity index (χ1) is 9.88. The highest BCUT2D eigenvalue weighted by Crippen LogP contribution is 2.23. The third-order valence-electron chi connectivity index (χ3n) is 2.35. The Hall–Kier alpha value is -2.35. The first-order valence-corrected chi connectivity index (χ1v) is 6.36. The Morgan fingerprint density at radius 1 is 1.24 bits per heavy atom. The highest BCUT2D eigenvalue weighted by atomic mass is 79.9. The van der Waals surface area contributed by atoms with Crippen molar-refractivity contribution in [1.82, 2.24) is 0 Å². The number of methoxy groups -OCH3 is 2. The van der Waals surface area contributed by atoms with Crippen molar-refractivity contribution in [3.8, 4) is 0 Å². The summed E-state index contributed by atoms with van der Waals surface area (Å²) in [5, 5.41) is 11.7. The zero-order chi connectivity index (χ0) is 16.0. The molecule has 0 aromatic heterocycles. The number of hydrogen-bond acceptors (Lipinski definition) is 6. The van der Waals surface area contributed by atoms with Crippen molar-refractivity contribution in [2.75, 3.05) is 19.5 Å². The van der Waals surface area contributed by atoms with E-state index >= 15 is 0 Å². The summed E-state index contributed by atoms with van der Waals surface area (Å²) >= 11 is 3.19. The van der Waals surface area contributed by atoms with E-state index in [9.17, 15) is 14.4 Å². The second kappa shape index (κ2) is 7.44. The number of ether oxygens (including phenoxy) is 2. The molecular formula is C13H12BrNO6. The molecule has 0 saturated heterocycles. The fourth-order valence-electron chi connectivity index (χ4n) is 1.38. The monoisotopic (exact) mass is 357 g/mol. The smallest absolute Gasteiger partial charge is 0.354 e. The van der Waals surface area contributed by atoms with Crippen LogP contribution in [0.5, 0.6) is 0 Å². The van der Waals surface area contributed by atoms with Gasteiger partial charge in [-0.1, -0.05) is 15.9 Å². The van der Waals surface area contributed by atoms with Crippen molar-refractivity contribution in [3.63, 3.8) is 0 Å². The van der Waals surface area contributed by atoms with E-state index < -0.39 is 17.9 Å². The van der Waals surface area contributed by atoms with Crippen LogP contribution >= 0.6 is 15.9 Å². The van der Waals surface area contributed by atoms with Crippen LogP contribution in [-0.2, 0) is 19.1 Å². The van der Waals surface area contributed by atoms with Gasteiger partial charge in [-0.15, -0.1) is 0 Å². The number of hydrogen-bond donors (Lipinski definition) is 2. The fraction of sp³-hybridized carbons (Fsp3) is 0.154. The number of carboxylic acid groups (broad SMARTS) is 1. The number of carbonyl (C=O) groups is 3. The van der Waals surface area contributed by atoms with Crippen LogP contribution in [0.25, 0.3) is 0 Å². The number of rotatable bonds is 5. The zero-order valence-electron chi connectivity index (χ0n) is 11.2. The van der Waals surface area contributed by atoms with E-state index in [-0.39, 0.29) is 16.9 Å². The van der Waals surface area contributed by atoms with Crippen molar-refractivity contribution in [3.05, 3.63) is 40.0 Å². The highest BCUT2D eigenvalue weighted by Gasteiger charge is 2.17. The first kappa shape index (κ1) is 16.7. The lowest BCUT2D eigenvalue weighted by molar-refractivity contribution is -0.138. The molecule has 0 saturated carbocycles. The SMILES string of the molecule is COC(=O)/C=C(/Nc1cc(Br)ccc1C(=O)O)C(=O)OC. The van der Waals surface area contributed by atoms with Gasteiger partial charge in [0.05, 0.1) is 31.5 Å². The Balaban J connectivity index is 3.23. The minimum Gasteiger partial charge on any atom is -0.478 e. The average Bonchev–Trinajstić information content (AvgIpc) is 2.45. The summed E-state index contributed by atoms with van der Waals surface area (Å²) in [6, 6.07) is 4.34. The van der Waals surface area contributed by atoms with Gasteiger partial charge in [0.2, 0.25) is 0 Å². The summed E-state index contributed by atoms with van der Waals surface area (Å²) in [6.45, 7) is 0. The summed E-state index contributed by atoms with van der Waals surface area (Å²) in [5.74, 6) is -2.81. The van der Waals surface area contributed by atoms with Gasteiger partial charge >= 0.3 is 17.9 Å². The number of esters is 2. The molecule has 1 rings (SSSR count). The molecule has 0 bridgehead atoms. The standard InChI is InChI=1S/C13H12BrNO6/c1-20-11(16)6-10(13(19)21-2)15-9-5-7(14)3-4-8(9)12(17)18/h3-6,15H,1-2H3,(H,17,18)/b10-6+. The van der Waals surface area contributed by atoms with Gasteiger partial charge < -0.3 is 19.9 Å². The number of anilines is 1. The van der Waals surface area contributed by atoms with Gasteiger partial charge in [0, 0.05) is 4.47 Å². The second-order valence-corrected chi connectivity index (χ2v) is 4.61. The minimum atomic E-state index is -1.19. The third kappa shape index (κ3) is 4.60. The molecule has 0 aliphatic rings. The van der Waals surface area contributed by atoms with Crippen LogP contribution in [0.2, 0.25) is 0 Å². The molecule has 1 aromatic rings. The molecule has 2 N–H and O–H groups in total. The maximum absolute atomic E-state index is 11.6. The van der Waals surface area contributed by atoms with Crippen molar-refractivity contribution in [2.45, 2.75) is 0 Å². The predicted molar refractivity (Wildman–Crippen MR) is 76.8 cm³/mol. The molecule has 0 aliphatic heterocycles. The van der Waals surface area contributed by atoms with Crippen LogP contribution in [0.1, 0.15) is 10.4 Å². The van der Waals surface area contributed by atoms with E-state index in [0.29, 0.717) is 4.47 Å². The average molecular weight is 358 g/mol. The first-order valence-electron chi connectivity index (χ1n) is 5.57. The van der Waals surface area contributed by atoms with E-state index in [2.05, 4.69) is 30.7 Å². The molecule has 7 nitrogen and oxygen atoms in total. The summed E-state index contributed by atoms with van der Waals surface area (Å²) in [5.41, 5.74) is -0.194. The number of carbonyl (C=O) groups excluding carboxylic acids is 2. The molecule has 8 heteroatoms. The van der Waals surface area contributed by atoms with Crippen molar-refractivity contribution < 1.29 is 29.0 Å². The lowest BCUT2D eigenvalue weighted by Crippen LogP contribution is -2.17. The molecule has 0 atom stereocenters. The quantitative estimate of drug-likeness (QED) is 0.611. The van der Waals surface area contributed by atoms with E-state index in [1.807, 2.05) is 0 Å². The Bertz CT molecular complexity index is 611. The number of carboxylic acids is 1. The van der Waals surface area contributed by atoms with Crippen molar-refractivity contribution >= 4 is 39.5 Å². The van der Waals surface area contributed by atoms with Gasteiger partial charge in [-0.3, -0.25) is 0 Å². The molecule has 0 fully saturated rings. The van der Waals surface area contributed by atoms with Crippen molar-refractivity contribution in [1.29, 1.82) is 0 Å². The Morgan fingerprint density at radius 2 is 1.90 bits per heavy atom. The third-order valence-corrected chi connectivity index (χ3v) is 2.84. The Labute approximate surface area is 128 Å². The van der Waals surface area contributed by atoms with Gasteiger partial charge in [0.15, 0.2) is 0 Å². The van der Waals surface area contributed by atoms with Gasteiger partial charge in [-0.2, -0.15) is 0 Å². The van der Waals surface area contributed by atoms with E-state index in [0.717, 1.165) is 20.3 Å². The van der Waals surface area contributed by atoms with E-state index in [1.165, 1.54) is 18.2 Å². The lowest BCUT2D eigenvalue weighted by Gasteiger charge is -2.11. The Kier molecular flexibility index (Phi) is 5.92. The molecule has 0 spiro atoms. The van der Waals surface area contributed by atoms with Gasteiger partial charge in [-0.05, 0) is 18.2 Å². The van der Waals surface area contributed by atoms with Crippen LogP contribution in [0, 0.1) is 0 Å². The number of benzene rings is 1. The van der Waals surface area contributed by atoms with Crippen LogP contribution < -0.4 is 5.32 Å². The molecule has 21 heavy (non-hydrogen) atoms. The number of aromatic carboxylic acids is 1. The molecule has 1 aromatic carbocycles. The van der Waals surface area contributed by atoms with Crippen LogP contribution in [0.3, 0.4) is 0 Å². The summed E-state index contributed by atoms with van der Waals surface area (Å²) < 4.78 is 9.54. The summed E-state index contributed by atoms with van der Waals surface area (Å²) in [6.07, 6.45) is 0.873. The van der Waals surface area contributed by atoms with Gasteiger partial charge in [0.25, 0.3) is 0 Å². The van der Waals surface area contributed by atoms with Crippen molar-refractivity contribution in [2.24, 2.45) is 0 Å². The van der Waals surface area contributed by atoms with Gasteiger partial charge in [0.1, 0.15) is 5.70 Å². The van der Waals surface area contributed by atoms with Crippen LogP contribution in [0.15, 0.2) is 34.4 Å². The number of halogens is 1. The molecule has 0 unspecified atom stereocenters. The van der Waals surface area contributed by atoms with Crippen LogP contribution in [-0.4, -0.2) is 37.2 Å².